The van der Waals surface area contributed by atoms with Crippen LogP contribution in [-0.2, 0) is 20.9 Å². The highest BCUT2D eigenvalue weighted by molar-refractivity contribution is 6.03. The molecule has 1 aromatic rings. The van der Waals surface area contributed by atoms with Gasteiger partial charge in [0.1, 0.15) is 5.69 Å². The first-order valence-electron chi connectivity index (χ1n) is 6.42. The molecule has 1 rings (SSSR count). The maximum Gasteiger partial charge on any atom is 0.360 e. The van der Waals surface area contributed by atoms with Crippen LogP contribution in [0.5, 0.6) is 0 Å². The van der Waals surface area contributed by atoms with Gasteiger partial charge in [-0.05, 0) is 6.42 Å². The van der Waals surface area contributed by atoms with E-state index in [9.17, 15) is 9.59 Å². The Bertz CT molecular complexity index is 500. The van der Waals surface area contributed by atoms with Crippen LogP contribution in [0.15, 0.2) is 0 Å². The van der Waals surface area contributed by atoms with Crippen LogP contribution in [0.3, 0.4) is 0 Å². The van der Waals surface area contributed by atoms with Crippen LogP contribution in [0.1, 0.15) is 34.3 Å². The summed E-state index contributed by atoms with van der Waals surface area (Å²) in [5, 5.41) is 4.04. The first kappa shape index (κ1) is 16.9. The second-order valence-corrected chi connectivity index (χ2v) is 4.07. The lowest BCUT2D eigenvalue weighted by atomic mass is 10.3. The second-order valence-electron chi connectivity index (χ2n) is 4.07. The van der Waals surface area contributed by atoms with E-state index < -0.39 is 11.9 Å². The molecule has 0 aliphatic heterocycles. The normalized spacial score (nSPS) is 10.4. The molecule has 0 saturated heterocycles. The molecule has 9 nitrogen and oxygen atoms in total. The molecule has 3 N–H and O–H groups in total. The van der Waals surface area contributed by atoms with Gasteiger partial charge in [0.15, 0.2) is 11.4 Å². The number of amides is 1. The fourth-order valence-corrected chi connectivity index (χ4v) is 1.71. The molecule has 9 heteroatoms. The third-order valence-electron chi connectivity index (χ3n) is 2.56. The number of ether oxygens (including phenoxy) is 2. The molecule has 1 amide bonds. The van der Waals surface area contributed by atoms with Crippen molar-refractivity contribution in [2.45, 2.75) is 19.9 Å². The van der Waals surface area contributed by atoms with E-state index >= 15 is 0 Å². The molecule has 0 saturated carbocycles. The summed E-state index contributed by atoms with van der Waals surface area (Å²) in [6, 6.07) is 0. The Labute approximate surface area is 122 Å². The van der Waals surface area contributed by atoms with Crippen LogP contribution in [0.4, 0.5) is 5.69 Å². The van der Waals surface area contributed by atoms with E-state index in [1.807, 2.05) is 6.92 Å². The predicted octanol–water partition coefficient (Wildman–Crippen LogP) is 0.169. The zero-order valence-corrected chi connectivity index (χ0v) is 12.3. The van der Waals surface area contributed by atoms with Crippen molar-refractivity contribution in [1.29, 1.82) is 0 Å². The average Bonchev–Trinajstić information content (AvgIpc) is 2.82. The molecule has 0 aliphatic carbocycles. The maximum absolute atomic E-state index is 11.7. The zero-order chi connectivity index (χ0) is 15.8. The summed E-state index contributed by atoms with van der Waals surface area (Å²) >= 11 is 0. The van der Waals surface area contributed by atoms with Gasteiger partial charge in [-0.3, -0.25) is 19.8 Å². The smallest absolute Gasteiger partial charge is 0.360 e. The molecule has 21 heavy (non-hydrogen) atoms. The largest absolute Gasteiger partial charge is 0.464 e. The van der Waals surface area contributed by atoms with Gasteiger partial charge in [-0.2, -0.15) is 5.10 Å². The Balaban J connectivity index is 3.10. The molecule has 0 aliphatic rings. The minimum atomic E-state index is -0.743. The van der Waals surface area contributed by atoms with Gasteiger partial charge in [-0.25, -0.2) is 4.79 Å². The number of rotatable bonds is 9. The zero-order valence-electron chi connectivity index (χ0n) is 12.3. The van der Waals surface area contributed by atoms with Crippen LogP contribution < -0.4 is 11.2 Å². The van der Waals surface area contributed by atoms with Gasteiger partial charge in [0.2, 0.25) is 0 Å². The van der Waals surface area contributed by atoms with Crippen molar-refractivity contribution in [2.24, 2.45) is 5.73 Å². The highest BCUT2D eigenvalue weighted by Gasteiger charge is 2.26. The summed E-state index contributed by atoms with van der Waals surface area (Å²) in [6.07, 6.45) is 0.881. The number of aromatic nitrogens is 2. The monoisotopic (exact) mass is 300 g/mol. The van der Waals surface area contributed by atoms with E-state index in [1.54, 1.807) is 0 Å². The number of methoxy groups -OCH3 is 1. The number of hydrogen-bond donors (Lipinski definition) is 2. The Morgan fingerprint density at radius 2 is 2.05 bits per heavy atom. The molecule has 118 valence electrons. The number of carbonyl (C=O) groups is 2. The van der Waals surface area contributed by atoms with E-state index in [2.05, 4.69) is 15.3 Å². The number of esters is 1. The summed E-state index contributed by atoms with van der Waals surface area (Å²) in [6.45, 7) is 3.19. The molecule has 1 aromatic heterocycles. The van der Waals surface area contributed by atoms with Crippen molar-refractivity contribution in [2.75, 3.05) is 32.9 Å². The number of nitrogens with zero attached hydrogens (tertiary/aromatic N) is 2. The van der Waals surface area contributed by atoms with Gasteiger partial charge >= 0.3 is 5.97 Å². The van der Waals surface area contributed by atoms with Crippen molar-refractivity contribution in [3.63, 3.8) is 0 Å². The molecule has 1 heterocycles. The number of hydrogen-bond acceptors (Lipinski definition) is 7. The fourth-order valence-electron chi connectivity index (χ4n) is 1.71. The number of nitrogens with one attached hydrogen (secondary N) is 1. The van der Waals surface area contributed by atoms with Crippen molar-refractivity contribution in [3.05, 3.63) is 11.4 Å². The van der Waals surface area contributed by atoms with E-state index in [-0.39, 0.29) is 23.6 Å². The Morgan fingerprint density at radius 1 is 1.33 bits per heavy atom. The summed E-state index contributed by atoms with van der Waals surface area (Å²) in [5.74, 6) is -1.45. The van der Waals surface area contributed by atoms with E-state index in [0.717, 1.165) is 6.42 Å². The summed E-state index contributed by atoms with van der Waals surface area (Å²) in [4.78, 5) is 28.1. The van der Waals surface area contributed by atoms with Crippen molar-refractivity contribution < 1.29 is 23.9 Å². The Hall–Kier alpha value is -2.13. The van der Waals surface area contributed by atoms with Gasteiger partial charge in [0.05, 0.1) is 27.4 Å². The summed E-state index contributed by atoms with van der Waals surface area (Å²) in [5.41, 5.74) is 7.80. The molecule has 0 fully saturated rings. The molecule has 0 radical (unpaired) electrons. The first-order valence-corrected chi connectivity index (χ1v) is 6.42. The lowest BCUT2D eigenvalue weighted by Crippen LogP contribution is -2.21. The van der Waals surface area contributed by atoms with Crippen molar-refractivity contribution in [1.82, 2.24) is 9.78 Å². The second kappa shape index (κ2) is 8.22. The fraction of sp³-hybridized carbons (Fsp3) is 0.583. The highest BCUT2D eigenvalue weighted by Crippen LogP contribution is 2.21. The van der Waals surface area contributed by atoms with Crippen molar-refractivity contribution >= 4 is 17.6 Å². The summed E-state index contributed by atoms with van der Waals surface area (Å²) in [7, 11) is 2.56. The third-order valence-corrected chi connectivity index (χ3v) is 2.56. The number of nitrogens with two attached hydrogens (primary N) is 1. The molecule has 0 spiro atoms. The minimum Gasteiger partial charge on any atom is -0.464 e. The van der Waals surface area contributed by atoms with E-state index in [0.29, 0.717) is 13.2 Å². The lowest BCUT2D eigenvalue weighted by Gasteiger charge is -2.07. The quantitative estimate of drug-likeness (QED) is 0.379. The SMILES string of the molecule is CCCOCCn1nc(C(=O)OC)c(NOC)c1C(N)=O. The van der Waals surface area contributed by atoms with Gasteiger partial charge in [0.25, 0.3) is 5.91 Å². The van der Waals surface area contributed by atoms with Gasteiger partial charge in [-0.15, -0.1) is 0 Å². The van der Waals surface area contributed by atoms with Gasteiger partial charge in [0, 0.05) is 6.61 Å². The van der Waals surface area contributed by atoms with Crippen LogP contribution in [-0.4, -0.2) is 49.1 Å². The molecular formula is C12H20N4O5. The number of carbonyl (C=O) groups excluding carboxylic acids is 2. The van der Waals surface area contributed by atoms with Crippen molar-refractivity contribution in [3.8, 4) is 0 Å². The third kappa shape index (κ3) is 4.17. The number of primary amides is 1. The molecule has 0 bridgehead atoms. The topological polar surface area (TPSA) is 118 Å². The molecular weight excluding hydrogens is 280 g/mol. The van der Waals surface area contributed by atoms with Gasteiger partial charge < -0.3 is 15.2 Å². The molecule has 0 aromatic carbocycles. The Kier molecular flexibility index (Phi) is 6.63. The van der Waals surface area contributed by atoms with E-state index in [4.69, 9.17) is 15.3 Å². The molecule has 0 atom stereocenters. The molecule has 0 unspecified atom stereocenters. The lowest BCUT2D eigenvalue weighted by molar-refractivity contribution is 0.0591. The van der Waals surface area contributed by atoms with E-state index in [1.165, 1.54) is 18.9 Å². The summed E-state index contributed by atoms with van der Waals surface area (Å²) < 4.78 is 11.3. The van der Waals surface area contributed by atoms with Crippen LogP contribution in [0.25, 0.3) is 0 Å². The van der Waals surface area contributed by atoms with Gasteiger partial charge in [-0.1, -0.05) is 6.92 Å². The minimum absolute atomic E-state index is 0.0253. The van der Waals surface area contributed by atoms with Crippen LogP contribution in [0.2, 0.25) is 0 Å². The first-order chi connectivity index (χ1) is 10.1. The average molecular weight is 300 g/mol. The maximum atomic E-state index is 11.7. The highest BCUT2D eigenvalue weighted by atomic mass is 16.6. The predicted molar refractivity (Wildman–Crippen MR) is 73.8 cm³/mol. The van der Waals surface area contributed by atoms with Crippen LogP contribution in [0, 0.1) is 0 Å². The van der Waals surface area contributed by atoms with Crippen LogP contribution >= 0.6 is 0 Å². The number of anilines is 1. The Morgan fingerprint density at radius 3 is 2.57 bits per heavy atom. The standard InChI is InChI=1S/C12H20N4O5/c1-4-6-21-7-5-16-10(11(13)17)8(15-20-3)9(14-16)12(18)19-2/h15H,4-7H2,1-3H3,(H2,13,17).